The predicted octanol–water partition coefficient (Wildman–Crippen LogP) is 1.07. The number of halogens is 2. The first-order chi connectivity index (χ1) is 9.81. The average molecular weight is 321 g/mol. The fourth-order valence-corrected chi connectivity index (χ4v) is 3.96. The van der Waals surface area contributed by atoms with Gasteiger partial charge in [0.1, 0.15) is 22.8 Å². The number of nitrogens with zero attached hydrogens (tertiary/aromatic N) is 2. The summed E-state index contributed by atoms with van der Waals surface area (Å²) in [5.74, 6) is 0.524. The van der Waals surface area contributed by atoms with Crippen molar-refractivity contribution >= 4 is 33.1 Å². The fraction of sp³-hybridized carbons (Fsp3) is 0.200. The first-order valence-electron chi connectivity index (χ1n) is 6.59. The van der Waals surface area contributed by atoms with Gasteiger partial charge in [-0.3, -0.25) is 0 Å². The lowest BCUT2D eigenvalue weighted by Crippen LogP contribution is -3.00. The molecule has 2 aromatic heterocycles. The summed E-state index contributed by atoms with van der Waals surface area (Å²) in [6.07, 6.45) is 4.98. The fourth-order valence-electron chi connectivity index (χ4n) is 2.73. The van der Waals surface area contributed by atoms with Crippen LogP contribution in [0.2, 0.25) is 0 Å². The van der Waals surface area contributed by atoms with Gasteiger partial charge in [0.05, 0.1) is 5.39 Å². The Balaban J connectivity index is 0.00000132. The Kier molecular flexibility index (Phi) is 3.78. The molecule has 0 unspecified atom stereocenters. The number of anilines is 2. The quantitative estimate of drug-likeness (QED) is 0.767. The van der Waals surface area contributed by atoms with Crippen molar-refractivity contribution < 1.29 is 16.8 Å². The van der Waals surface area contributed by atoms with Gasteiger partial charge < -0.3 is 17.7 Å². The number of nitrogens with one attached hydrogen (secondary N) is 1. The zero-order valence-corrected chi connectivity index (χ0v) is 12.6. The highest BCUT2D eigenvalue weighted by molar-refractivity contribution is 7.19. The van der Waals surface area contributed by atoms with Crippen LogP contribution in [0, 0.1) is 5.82 Å². The van der Waals surface area contributed by atoms with Crippen LogP contribution in [0.25, 0.3) is 10.2 Å². The molecule has 0 fully saturated rings. The first-order valence-corrected chi connectivity index (χ1v) is 7.41. The molecule has 0 aliphatic heterocycles. The summed E-state index contributed by atoms with van der Waals surface area (Å²) >= 11 is 1.75. The van der Waals surface area contributed by atoms with Gasteiger partial charge in [0.25, 0.3) is 0 Å². The molecule has 3 aromatic rings. The topological polar surface area (TPSA) is 37.8 Å². The Morgan fingerprint density at radius 2 is 2.10 bits per heavy atom. The van der Waals surface area contributed by atoms with Crippen molar-refractivity contribution in [3.05, 3.63) is 46.9 Å². The van der Waals surface area contributed by atoms with Gasteiger partial charge in [0.15, 0.2) is 0 Å². The van der Waals surface area contributed by atoms with Crippen LogP contribution in [0.15, 0.2) is 30.6 Å². The highest BCUT2D eigenvalue weighted by atomic mass is 35.5. The second-order valence-corrected chi connectivity index (χ2v) is 5.98. The smallest absolute Gasteiger partial charge is 0.142 e. The lowest BCUT2D eigenvalue weighted by molar-refractivity contribution is -0.00000460. The maximum Gasteiger partial charge on any atom is 0.142 e. The van der Waals surface area contributed by atoms with Crippen molar-refractivity contribution in [1.82, 2.24) is 9.97 Å². The summed E-state index contributed by atoms with van der Waals surface area (Å²) in [5.41, 5.74) is 2.08. The van der Waals surface area contributed by atoms with Gasteiger partial charge in [-0.15, -0.1) is 11.3 Å². The van der Waals surface area contributed by atoms with Crippen LogP contribution in [-0.4, -0.2) is 9.97 Å². The minimum Gasteiger partial charge on any atom is -1.00 e. The summed E-state index contributed by atoms with van der Waals surface area (Å²) in [6, 6.07) is 6.43. The second-order valence-electron chi connectivity index (χ2n) is 4.90. The molecule has 0 radical (unpaired) electrons. The highest BCUT2D eigenvalue weighted by Crippen LogP contribution is 2.39. The summed E-state index contributed by atoms with van der Waals surface area (Å²) in [6.45, 7) is 0. The third kappa shape index (κ3) is 2.47. The molecule has 6 heteroatoms. The number of thiophene rings is 1. The van der Waals surface area contributed by atoms with Crippen molar-refractivity contribution in [3.63, 3.8) is 0 Å². The molecule has 0 spiro atoms. The van der Waals surface area contributed by atoms with Crippen LogP contribution in [-0.2, 0) is 12.8 Å². The van der Waals surface area contributed by atoms with Crippen molar-refractivity contribution in [2.24, 2.45) is 0 Å². The first kappa shape index (κ1) is 14.2. The van der Waals surface area contributed by atoms with Gasteiger partial charge in [-0.05, 0) is 43.0 Å². The summed E-state index contributed by atoms with van der Waals surface area (Å²) in [7, 11) is 0. The SMILES string of the molecule is Fc1cccc(Nc2ncnc3sc4c(c23)CCC4)c1.[Cl-]. The Morgan fingerprint density at radius 1 is 1.19 bits per heavy atom. The third-order valence-corrected chi connectivity index (χ3v) is 4.79. The summed E-state index contributed by atoms with van der Waals surface area (Å²) in [5, 5.41) is 4.32. The molecule has 108 valence electrons. The Hall–Kier alpha value is -1.72. The molecule has 21 heavy (non-hydrogen) atoms. The Morgan fingerprint density at radius 3 is 2.95 bits per heavy atom. The molecule has 1 aliphatic carbocycles. The van der Waals surface area contributed by atoms with E-state index in [0.717, 1.165) is 28.9 Å². The van der Waals surface area contributed by atoms with Crippen LogP contribution in [0.5, 0.6) is 0 Å². The number of fused-ring (bicyclic) bond motifs is 3. The standard InChI is InChI=1S/C15H12FN3S.ClH/c16-9-3-1-4-10(7-9)19-14-13-11-5-2-6-12(11)20-15(13)18-8-17-14;/h1,3-4,7-8H,2,5-6H2,(H,17,18,19);1H/p-1. The van der Waals surface area contributed by atoms with E-state index >= 15 is 0 Å². The maximum absolute atomic E-state index is 13.3. The van der Waals surface area contributed by atoms with Crippen molar-refractivity contribution in [1.29, 1.82) is 0 Å². The number of hydrogen-bond donors (Lipinski definition) is 1. The van der Waals surface area contributed by atoms with Crippen LogP contribution < -0.4 is 17.7 Å². The molecule has 3 nitrogen and oxygen atoms in total. The number of rotatable bonds is 2. The van der Waals surface area contributed by atoms with Crippen molar-refractivity contribution in [2.75, 3.05) is 5.32 Å². The Bertz CT molecular complexity index is 803. The minimum atomic E-state index is -0.254. The third-order valence-electron chi connectivity index (χ3n) is 3.59. The lowest BCUT2D eigenvalue weighted by atomic mass is 10.2. The van der Waals surface area contributed by atoms with Gasteiger partial charge in [-0.2, -0.15) is 0 Å². The molecule has 0 saturated heterocycles. The predicted molar refractivity (Wildman–Crippen MR) is 79.1 cm³/mol. The van der Waals surface area contributed by atoms with Gasteiger partial charge in [-0.25, -0.2) is 14.4 Å². The van der Waals surface area contributed by atoms with E-state index in [2.05, 4.69) is 15.3 Å². The van der Waals surface area contributed by atoms with E-state index in [1.807, 2.05) is 6.07 Å². The van der Waals surface area contributed by atoms with E-state index in [1.54, 1.807) is 23.7 Å². The molecule has 0 atom stereocenters. The van der Waals surface area contributed by atoms with E-state index in [9.17, 15) is 4.39 Å². The monoisotopic (exact) mass is 320 g/mol. The van der Waals surface area contributed by atoms with E-state index in [4.69, 9.17) is 0 Å². The van der Waals surface area contributed by atoms with Crippen LogP contribution in [0.1, 0.15) is 16.9 Å². The molecule has 0 bridgehead atoms. The van der Waals surface area contributed by atoms with E-state index < -0.39 is 0 Å². The largest absolute Gasteiger partial charge is 1.00 e. The molecule has 2 heterocycles. The van der Waals surface area contributed by atoms with Crippen LogP contribution in [0.4, 0.5) is 15.9 Å². The second kappa shape index (κ2) is 5.58. The van der Waals surface area contributed by atoms with Crippen LogP contribution in [0.3, 0.4) is 0 Å². The van der Waals surface area contributed by atoms with Crippen LogP contribution >= 0.6 is 11.3 Å². The molecular formula is C15H12ClFN3S-. The lowest BCUT2D eigenvalue weighted by Gasteiger charge is -2.07. The summed E-state index contributed by atoms with van der Waals surface area (Å²) < 4.78 is 13.3. The molecule has 0 amide bonds. The van der Waals surface area contributed by atoms with Gasteiger partial charge in [0.2, 0.25) is 0 Å². The zero-order chi connectivity index (χ0) is 13.5. The minimum absolute atomic E-state index is 0. The van der Waals surface area contributed by atoms with Crippen molar-refractivity contribution in [3.8, 4) is 0 Å². The number of benzene rings is 1. The molecule has 4 rings (SSSR count). The highest BCUT2D eigenvalue weighted by Gasteiger charge is 2.21. The Labute approximate surface area is 131 Å². The van der Waals surface area contributed by atoms with Crippen molar-refractivity contribution in [2.45, 2.75) is 19.3 Å². The van der Waals surface area contributed by atoms with Gasteiger partial charge in [-0.1, -0.05) is 6.07 Å². The average Bonchev–Trinajstić information content (AvgIpc) is 2.99. The van der Waals surface area contributed by atoms with E-state index in [1.165, 1.54) is 29.0 Å². The van der Waals surface area contributed by atoms with E-state index in [-0.39, 0.29) is 18.2 Å². The van der Waals surface area contributed by atoms with Gasteiger partial charge in [0, 0.05) is 10.6 Å². The molecule has 1 N–H and O–H groups in total. The van der Waals surface area contributed by atoms with E-state index in [0.29, 0.717) is 5.69 Å². The molecular weight excluding hydrogens is 309 g/mol. The zero-order valence-electron chi connectivity index (χ0n) is 11.1. The number of aromatic nitrogens is 2. The molecule has 1 aliphatic rings. The number of aryl methyl sites for hydroxylation is 2. The molecule has 0 saturated carbocycles. The summed E-state index contributed by atoms with van der Waals surface area (Å²) in [4.78, 5) is 11.1. The normalized spacial score (nSPS) is 13.0. The maximum atomic E-state index is 13.3. The molecule has 1 aromatic carbocycles. The van der Waals surface area contributed by atoms with Gasteiger partial charge >= 0.3 is 0 Å². The number of hydrogen-bond acceptors (Lipinski definition) is 4.